The Labute approximate surface area is 128 Å². The molecule has 0 aliphatic rings. The minimum atomic E-state index is -0.840. The number of fused-ring (bicyclic) bond motifs is 1. The Bertz CT molecular complexity index is 657. The van der Waals surface area contributed by atoms with Crippen molar-refractivity contribution < 1.29 is 18.7 Å². The maximum absolute atomic E-state index is 11.7. The molecule has 6 heteroatoms. The number of ether oxygens (including phenoxy) is 1. The summed E-state index contributed by atoms with van der Waals surface area (Å²) in [5.41, 5.74) is 1.35. The minimum Gasteiger partial charge on any atom is -0.449 e. The van der Waals surface area contributed by atoms with Crippen molar-refractivity contribution in [3.05, 3.63) is 36.2 Å². The van der Waals surface area contributed by atoms with Crippen LogP contribution in [-0.4, -0.2) is 29.5 Å². The van der Waals surface area contributed by atoms with Crippen molar-refractivity contribution in [2.45, 2.75) is 26.4 Å². The first-order valence-corrected chi connectivity index (χ1v) is 7.12. The number of para-hydroxylation sites is 2. The highest BCUT2D eigenvalue weighted by Crippen LogP contribution is 2.15. The van der Waals surface area contributed by atoms with Crippen LogP contribution in [0.25, 0.3) is 17.2 Å². The van der Waals surface area contributed by atoms with Gasteiger partial charge in [0, 0.05) is 18.7 Å². The average molecular weight is 302 g/mol. The van der Waals surface area contributed by atoms with E-state index in [4.69, 9.17) is 9.15 Å². The van der Waals surface area contributed by atoms with Crippen LogP contribution in [0.2, 0.25) is 0 Å². The van der Waals surface area contributed by atoms with Gasteiger partial charge in [0.05, 0.1) is 0 Å². The van der Waals surface area contributed by atoms with Gasteiger partial charge in [-0.3, -0.25) is 4.79 Å². The lowest BCUT2D eigenvalue weighted by Crippen LogP contribution is -2.35. The van der Waals surface area contributed by atoms with Crippen molar-refractivity contribution in [2.75, 3.05) is 6.54 Å². The summed E-state index contributed by atoms with van der Waals surface area (Å²) in [6.45, 7) is 4.02. The zero-order valence-corrected chi connectivity index (χ0v) is 12.5. The van der Waals surface area contributed by atoms with E-state index in [1.54, 1.807) is 6.07 Å². The van der Waals surface area contributed by atoms with E-state index in [9.17, 15) is 9.59 Å². The second-order valence-electron chi connectivity index (χ2n) is 4.72. The molecule has 0 fully saturated rings. The fourth-order valence-electron chi connectivity index (χ4n) is 1.76. The second kappa shape index (κ2) is 7.40. The van der Waals surface area contributed by atoms with Crippen LogP contribution in [0.3, 0.4) is 0 Å². The minimum absolute atomic E-state index is 0.307. The first kappa shape index (κ1) is 15.8. The number of esters is 1. The van der Waals surface area contributed by atoms with Gasteiger partial charge in [0.25, 0.3) is 5.91 Å². The Balaban J connectivity index is 1.92. The highest BCUT2D eigenvalue weighted by atomic mass is 16.5. The number of carbonyl (C=O) groups is 2. The molecule has 0 saturated carbocycles. The molecule has 1 N–H and O–H groups in total. The first-order valence-electron chi connectivity index (χ1n) is 7.12. The Morgan fingerprint density at radius 1 is 1.41 bits per heavy atom. The molecule has 0 radical (unpaired) electrons. The zero-order valence-electron chi connectivity index (χ0n) is 12.5. The zero-order chi connectivity index (χ0) is 15.9. The van der Waals surface area contributed by atoms with E-state index in [1.165, 1.54) is 19.1 Å². The van der Waals surface area contributed by atoms with E-state index in [-0.39, 0.29) is 5.91 Å². The fourth-order valence-corrected chi connectivity index (χ4v) is 1.76. The lowest BCUT2D eigenvalue weighted by atomic mass is 10.3. The first-order chi connectivity index (χ1) is 10.6. The molecular formula is C16H18N2O4. The molecule has 0 aliphatic heterocycles. The lowest BCUT2D eigenvalue weighted by molar-refractivity contribution is -0.150. The average Bonchev–Trinajstić information content (AvgIpc) is 2.93. The summed E-state index contributed by atoms with van der Waals surface area (Å²) in [6, 6.07) is 7.29. The monoisotopic (exact) mass is 302 g/mol. The van der Waals surface area contributed by atoms with Crippen LogP contribution in [0.1, 0.15) is 26.2 Å². The Morgan fingerprint density at radius 2 is 2.18 bits per heavy atom. The number of rotatable bonds is 6. The molecule has 0 aliphatic carbocycles. The summed E-state index contributed by atoms with van der Waals surface area (Å²) in [5.74, 6) is -0.631. The second-order valence-corrected chi connectivity index (χ2v) is 4.72. The van der Waals surface area contributed by atoms with Crippen molar-refractivity contribution in [2.24, 2.45) is 0 Å². The summed E-state index contributed by atoms with van der Waals surface area (Å²) < 4.78 is 10.4. The fraction of sp³-hybridized carbons (Fsp3) is 0.312. The molecule has 1 aromatic heterocycles. The summed E-state index contributed by atoms with van der Waals surface area (Å²) in [6.07, 6.45) is 2.59. The van der Waals surface area contributed by atoms with Gasteiger partial charge in [-0.05, 0) is 25.5 Å². The number of benzene rings is 1. The van der Waals surface area contributed by atoms with Crippen LogP contribution >= 0.6 is 0 Å². The molecule has 116 valence electrons. The Kier molecular flexibility index (Phi) is 5.30. The molecule has 1 heterocycles. The standard InChI is InChI=1S/C16H18N2O4/c1-3-10-17-16(20)11(2)21-15(19)9-8-14-18-12-6-4-5-7-13(12)22-14/h4-9,11H,3,10H2,1-2H3,(H,17,20)/b9-8+. The number of nitrogens with zero attached hydrogens (tertiary/aromatic N) is 1. The van der Waals surface area contributed by atoms with E-state index in [2.05, 4.69) is 10.3 Å². The summed E-state index contributed by atoms with van der Waals surface area (Å²) in [4.78, 5) is 27.4. The third kappa shape index (κ3) is 4.18. The molecule has 2 rings (SSSR count). The van der Waals surface area contributed by atoms with E-state index >= 15 is 0 Å². The third-order valence-electron chi connectivity index (χ3n) is 2.88. The molecule has 6 nitrogen and oxygen atoms in total. The van der Waals surface area contributed by atoms with E-state index in [0.29, 0.717) is 23.5 Å². The number of nitrogens with one attached hydrogen (secondary N) is 1. The smallest absolute Gasteiger partial charge is 0.331 e. The highest BCUT2D eigenvalue weighted by Gasteiger charge is 2.15. The van der Waals surface area contributed by atoms with Crippen LogP contribution in [0.15, 0.2) is 34.8 Å². The molecule has 0 saturated heterocycles. The summed E-state index contributed by atoms with van der Waals surface area (Å²) in [5, 5.41) is 2.66. The van der Waals surface area contributed by atoms with Crippen molar-refractivity contribution in [1.29, 1.82) is 0 Å². The van der Waals surface area contributed by atoms with Gasteiger partial charge in [-0.1, -0.05) is 19.1 Å². The van der Waals surface area contributed by atoms with Crippen LogP contribution in [0, 0.1) is 0 Å². The van der Waals surface area contributed by atoms with Gasteiger partial charge in [-0.15, -0.1) is 0 Å². The lowest BCUT2D eigenvalue weighted by Gasteiger charge is -2.11. The summed E-state index contributed by atoms with van der Waals surface area (Å²) >= 11 is 0. The van der Waals surface area contributed by atoms with Crippen LogP contribution in [-0.2, 0) is 14.3 Å². The Hall–Kier alpha value is -2.63. The highest BCUT2D eigenvalue weighted by molar-refractivity contribution is 5.90. The number of carbonyl (C=O) groups excluding carboxylic acids is 2. The topological polar surface area (TPSA) is 81.4 Å². The largest absolute Gasteiger partial charge is 0.449 e. The third-order valence-corrected chi connectivity index (χ3v) is 2.88. The molecule has 1 aromatic carbocycles. The molecule has 1 unspecified atom stereocenters. The van der Waals surface area contributed by atoms with Crippen molar-refractivity contribution in [3.63, 3.8) is 0 Å². The molecule has 1 atom stereocenters. The van der Waals surface area contributed by atoms with Gasteiger partial charge in [0.1, 0.15) is 5.52 Å². The van der Waals surface area contributed by atoms with Gasteiger partial charge in [-0.25, -0.2) is 9.78 Å². The Morgan fingerprint density at radius 3 is 2.91 bits per heavy atom. The van der Waals surface area contributed by atoms with Gasteiger partial charge in [-0.2, -0.15) is 0 Å². The summed E-state index contributed by atoms with van der Waals surface area (Å²) in [7, 11) is 0. The molecular weight excluding hydrogens is 284 g/mol. The van der Waals surface area contributed by atoms with E-state index in [0.717, 1.165) is 6.42 Å². The number of hydrogen-bond acceptors (Lipinski definition) is 5. The van der Waals surface area contributed by atoms with Crippen molar-refractivity contribution >= 4 is 29.1 Å². The normalized spacial score (nSPS) is 12.5. The van der Waals surface area contributed by atoms with Crippen molar-refractivity contribution in [1.82, 2.24) is 10.3 Å². The number of amides is 1. The van der Waals surface area contributed by atoms with E-state index in [1.807, 2.05) is 25.1 Å². The SMILES string of the molecule is CCCNC(=O)C(C)OC(=O)/C=C/c1nc2ccccc2o1. The number of hydrogen-bond donors (Lipinski definition) is 1. The molecule has 0 bridgehead atoms. The van der Waals surface area contributed by atoms with E-state index < -0.39 is 12.1 Å². The van der Waals surface area contributed by atoms with Crippen LogP contribution < -0.4 is 5.32 Å². The van der Waals surface area contributed by atoms with Crippen LogP contribution in [0.4, 0.5) is 0 Å². The van der Waals surface area contributed by atoms with Gasteiger partial charge in [0.2, 0.25) is 5.89 Å². The maximum atomic E-state index is 11.7. The van der Waals surface area contributed by atoms with Gasteiger partial charge in [0.15, 0.2) is 11.7 Å². The quantitative estimate of drug-likeness (QED) is 0.654. The van der Waals surface area contributed by atoms with Crippen molar-refractivity contribution in [3.8, 4) is 0 Å². The molecule has 1 amide bonds. The maximum Gasteiger partial charge on any atom is 0.331 e. The number of oxazole rings is 1. The molecule has 0 spiro atoms. The predicted octanol–water partition coefficient (Wildman–Crippen LogP) is 2.30. The van der Waals surface area contributed by atoms with Gasteiger partial charge < -0.3 is 14.5 Å². The molecule has 22 heavy (non-hydrogen) atoms. The molecule has 2 aromatic rings. The number of aromatic nitrogens is 1. The van der Waals surface area contributed by atoms with Crippen LogP contribution in [0.5, 0.6) is 0 Å². The predicted molar refractivity (Wildman–Crippen MR) is 81.9 cm³/mol. The van der Waals surface area contributed by atoms with Gasteiger partial charge >= 0.3 is 5.97 Å².